The first kappa shape index (κ1) is 18.0. The highest BCUT2D eigenvalue weighted by atomic mass is 19.1. The molecule has 4 nitrogen and oxygen atoms in total. The van der Waals surface area contributed by atoms with Crippen LogP contribution in [0, 0.1) is 17.5 Å². The van der Waals surface area contributed by atoms with Gasteiger partial charge in [0.2, 0.25) is 0 Å². The third-order valence-electron chi connectivity index (χ3n) is 4.51. The van der Waals surface area contributed by atoms with E-state index in [0.29, 0.717) is 17.5 Å². The number of carbonyl (C=O) groups excluding carboxylic acids is 1. The number of pyridine rings is 1. The minimum atomic E-state index is -0.818. The minimum absolute atomic E-state index is 0.0329. The maximum absolute atomic E-state index is 14.4. The Labute approximate surface area is 159 Å². The van der Waals surface area contributed by atoms with Crippen molar-refractivity contribution in [3.05, 3.63) is 83.4 Å². The third kappa shape index (κ3) is 3.55. The molecule has 1 unspecified atom stereocenters. The first-order valence-corrected chi connectivity index (χ1v) is 8.64. The van der Waals surface area contributed by atoms with E-state index in [1.165, 1.54) is 6.07 Å². The van der Waals surface area contributed by atoms with Gasteiger partial charge in [0.15, 0.2) is 11.6 Å². The zero-order valence-corrected chi connectivity index (χ0v) is 14.6. The lowest BCUT2D eigenvalue weighted by Gasteiger charge is -2.12. The van der Waals surface area contributed by atoms with Crippen molar-refractivity contribution in [3.8, 4) is 16.9 Å². The number of ether oxygens (including phenoxy) is 1. The molecular weight excluding hydrogens is 369 g/mol. The number of carbonyl (C=O) groups is 1. The second-order valence-electron chi connectivity index (χ2n) is 6.47. The van der Waals surface area contributed by atoms with E-state index in [4.69, 9.17) is 4.74 Å². The Balaban J connectivity index is 1.46. The van der Waals surface area contributed by atoms with Crippen molar-refractivity contribution < 1.29 is 22.7 Å². The molecule has 0 radical (unpaired) electrons. The lowest BCUT2D eigenvalue weighted by Crippen LogP contribution is -2.35. The summed E-state index contributed by atoms with van der Waals surface area (Å²) in [6, 6.07) is 9.44. The van der Waals surface area contributed by atoms with Crippen LogP contribution >= 0.6 is 0 Å². The van der Waals surface area contributed by atoms with Crippen LogP contribution in [0.25, 0.3) is 11.1 Å². The fourth-order valence-corrected chi connectivity index (χ4v) is 3.17. The number of nitrogens with zero attached hydrogens (tertiary/aromatic N) is 1. The molecular formula is C21H15F3N2O2. The smallest absolute Gasteiger partial charge is 0.254 e. The second kappa shape index (κ2) is 7.34. The first-order valence-electron chi connectivity index (χ1n) is 8.64. The van der Waals surface area contributed by atoms with Crippen LogP contribution in [0.1, 0.15) is 15.9 Å². The van der Waals surface area contributed by atoms with Gasteiger partial charge < -0.3 is 10.1 Å². The highest BCUT2D eigenvalue weighted by Crippen LogP contribution is 2.35. The van der Waals surface area contributed by atoms with Gasteiger partial charge in [0, 0.05) is 29.9 Å². The quantitative estimate of drug-likeness (QED) is 0.742. The van der Waals surface area contributed by atoms with Crippen LogP contribution in [0.4, 0.5) is 13.2 Å². The van der Waals surface area contributed by atoms with Crippen molar-refractivity contribution in [1.29, 1.82) is 0 Å². The molecule has 1 atom stereocenters. The van der Waals surface area contributed by atoms with E-state index in [9.17, 15) is 18.0 Å². The molecule has 1 aliphatic heterocycles. The number of amides is 1. The monoisotopic (exact) mass is 384 g/mol. The van der Waals surface area contributed by atoms with Gasteiger partial charge in [-0.05, 0) is 42.0 Å². The van der Waals surface area contributed by atoms with Gasteiger partial charge in [0.05, 0.1) is 12.1 Å². The van der Waals surface area contributed by atoms with Gasteiger partial charge in [-0.2, -0.15) is 0 Å². The molecule has 142 valence electrons. The van der Waals surface area contributed by atoms with Crippen LogP contribution in [0.3, 0.4) is 0 Å². The molecule has 3 aromatic rings. The molecule has 0 spiro atoms. The Morgan fingerprint density at radius 3 is 2.75 bits per heavy atom. The summed E-state index contributed by atoms with van der Waals surface area (Å²) in [5.41, 5.74) is 1.75. The van der Waals surface area contributed by atoms with Gasteiger partial charge in [0.1, 0.15) is 17.7 Å². The van der Waals surface area contributed by atoms with Crippen LogP contribution in [0.5, 0.6) is 5.75 Å². The normalized spacial score (nSPS) is 15.0. The van der Waals surface area contributed by atoms with Crippen LogP contribution in [-0.4, -0.2) is 23.5 Å². The predicted octanol–water partition coefficient (Wildman–Crippen LogP) is 3.90. The molecule has 1 aliphatic rings. The molecule has 1 N–H and O–H groups in total. The van der Waals surface area contributed by atoms with Crippen molar-refractivity contribution >= 4 is 5.91 Å². The van der Waals surface area contributed by atoms with E-state index >= 15 is 0 Å². The Hall–Kier alpha value is -3.35. The van der Waals surface area contributed by atoms with Gasteiger partial charge >= 0.3 is 0 Å². The molecule has 1 amide bonds. The van der Waals surface area contributed by atoms with Crippen LogP contribution in [0.15, 0.2) is 54.9 Å². The number of nitrogens with one attached hydrogen (secondary N) is 1. The number of rotatable bonds is 4. The van der Waals surface area contributed by atoms with Crippen molar-refractivity contribution in [2.24, 2.45) is 0 Å². The molecule has 0 fully saturated rings. The van der Waals surface area contributed by atoms with Crippen LogP contribution < -0.4 is 10.1 Å². The summed E-state index contributed by atoms with van der Waals surface area (Å²) in [6.45, 7) is 0.0329. The Morgan fingerprint density at radius 2 is 1.96 bits per heavy atom. The Morgan fingerprint density at radius 1 is 1.11 bits per heavy atom. The second-order valence-corrected chi connectivity index (χ2v) is 6.47. The lowest BCUT2D eigenvalue weighted by molar-refractivity contribution is 0.0928. The van der Waals surface area contributed by atoms with E-state index < -0.39 is 29.5 Å². The Bertz CT molecular complexity index is 1040. The molecule has 2 heterocycles. The molecule has 0 saturated carbocycles. The highest BCUT2D eigenvalue weighted by molar-refractivity contribution is 5.94. The van der Waals surface area contributed by atoms with Crippen LogP contribution in [0.2, 0.25) is 0 Å². The van der Waals surface area contributed by atoms with Gasteiger partial charge in [-0.1, -0.05) is 6.07 Å². The molecule has 28 heavy (non-hydrogen) atoms. The number of benzene rings is 2. The zero-order chi connectivity index (χ0) is 19.7. The van der Waals surface area contributed by atoms with E-state index in [-0.39, 0.29) is 17.9 Å². The van der Waals surface area contributed by atoms with E-state index in [1.807, 2.05) is 12.1 Å². The maximum Gasteiger partial charge on any atom is 0.254 e. The average molecular weight is 384 g/mol. The molecule has 1 aromatic heterocycles. The first-order chi connectivity index (χ1) is 13.5. The van der Waals surface area contributed by atoms with Crippen molar-refractivity contribution in [2.75, 3.05) is 6.54 Å². The maximum atomic E-state index is 14.4. The highest BCUT2D eigenvalue weighted by Gasteiger charge is 2.27. The summed E-state index contributed by atoms with van der Waals surface area (Å²) >= 11 is 0. The summed E-state index contributed by atoms with van der Waals surface area (Å²) in [7, 11) is 0. The van der Waals surface area contributed by atoms with E-state index in [0.717, 1.165) is 23.8 Å². The topological polar surface area (TPSA) is 51.2 Å². The summed E-state index contributed by atoms with van der Waals surface area (Å²) in [6.07, 6.45) is 3.15. The number of fused-ring (bicyclic) bond motifs is 1. The average Bonchev–Trinajstić information content (AvgIpc) is 3.12. The molecule has 0 bridgehead atoms. The van der Waals surface area contributed by atoms with E-state index in [1.54, 1.807) is 18.5 Å². The van der Waals surface area contributed by atoms with Gasteiger partial charge in [-0.3, -0.25) is 9.78 Å². The number of halogens is 3. The summed E-state index contributed by atoms with van der Waals surface area (Å²) < 4.78 is 47.0. The summed E-state index contributed by atoms with van der Waals surface area (Å²) in [5, 5.41) is 2.51. The fraction of sp³-hybridized carbons (Fsp3) is 0.143. The number of hydrogen-bond donors (Lipinski definition) is 1. The minimum Gasteiger partial charge on any atom is -0.485 e. The summed E-state index contributed by atoms with van der Waals surface area (Å²) in [4.78, 5) is 16.1. The molecule has 0 aliphatic carbocycles. The molecule has 2 aromatic carbocycles. The van der Waals surface area contributed by atoms with Crippen molar-refractivity contribution in [3.63, 3.8) is 0 Å². The van der Waals surface area contributed by atoms with Crippen molar-refractivity contribution in [1.82, 2.24) is 10.3 Å². The number of hydrogen-bond acceptors (Lipinski definition) is 3. The lowest BCUT2D eigenvalue weighted by atomic mass is 10.0. The summed E-state index contributed by atoms with van der Waals surface area (Å²) in [5.74, 6) is -2.64. The molecule has 0 saturated heterocycles. The zero-order valence-electron chi connectivity index (χ0n) is 14.6. The van der Waals surface area contributed by atoms with Crippen molar-refractivity contribution in [2.45, 2.75) is 12.5 Å². The standard InChI is InChI=1S/C21H15F3N2O2/c22-15-3-4-18(23)17(9-15)21(27)26-11-16-7-14-6-13(8-19(24)20(14)28-16)12-2-1-5-25-10-12/h1-6,8-10,16H,7,11H2,(H,26,27). The Kier molecular flexibility index (Phi) is 4.73. The van der Waals surface area contributed by atoms with Crippen LogP contribution in [-0.2, 0) is 6.42 Å². The van der Waals surface area contributed by atoms with Gasteiger partial charge in [0.25, 0.3) is 5.91 Å². The third-order valence-corrected chi connectivity index (χ3v) is 4.51. The van der Waals surface area contributed by atoms with Gasteiger partial charge in [-0.25, -0.2) is 13.2 Å². The molecule has 4 rings (SSSR count). The predicted molar refractivity (Wildman–Crippen MR) is 96.4 cm³/mol. The van der Waals surface area contributed by atoms with E-state index in [2.05, 4.69) is 10.3 Å². The molecule has 7 heteroatoms. The number of aromatic nitrogens is 1. The SMILES string of the molecule is O=C(NCC1Cc2cc(-c3cccnc3)cc(F)c2O1)c1cc(F)ccc1F. The van der Waals surface area contributed by atoms with Gasteiger partial charge in [-0.15, -0.1) is 0 Å². The largest absolute Gasteiger partial charge is 0.485 e. The fourth-order valence-electron chi connectivity index (χ4n) is 3.17.